The molecule has 7 rings (SSSR count). The molecule has 2 aliphatic heterocycles. The summed E-state index contributed by atoms with van der Waals surface area (Å²) < 4.78 is 12.2. The minimum absolute atomic E-state index is 0.0295. The van der Waals surface area contributed by atoms with E-state index >= 15 is 0 Å². The van der Waals surface area contributed by atoms with Gasteiger partial charge in [0.05, 0.1) is 23.5 Å². The van der Waals surface area contributed by atoms with Crippen LogP contribution in [0.1, 0.15) is 95.8 Å². The number of hydrogen-bond donors (Lipinski definition) is 2. The number of ether oxygens (including phenoxy) is 2. The van der Waals surface area contributed by atoms with Crippen LogP contribution in [-0.2, 0) is 15.0 Å². The maximum atomic E-state index is 13.2. The number of fused-ring (bicyclic) bond motifs is 1. The quantitative estimate of drug-likeness (QED) is 0.144. The second-order valence-corrected chi connectivity index (χ2v) is 14.3. The van der Waals surface area contributed by atoms with Gasteiger partial charge in [0.25, 0.3) is 11.8 Å². The molecular formula is C40H39N5O7. The molecule has 3 aromatic carbocycles. The molecule has 1 unspecified atom stereocenters. The predicted molar refractivity (Wildman–Crippen MR) is 190 cm³/mol. The Morgan fingerprint density at radius 1 is 0.846 bits per heavy atom. The number of nitrogens with one attached hydrogen (secondary N) is 2. The Morgan fingerprint density at radius 3 is 2.08 bits per heavy atom. The summed E-state index contributed by atoms with van der Waals surface area (Å²) in [7, 11) is 0. The summed E-state index contributed by atoms with van der Waals surface area (Å²) in [5, 5.41) is 5.64. The van der Waals surface area contributed by atoms with Crippen LogP contribution in [0.4, 0.5) is 5.69 Å². The monoisotopic (exact) mass is 701 g/mol. The Morgan fingerprint density at radius 2 is 1.46 bits per heavy atom. The van der Waals surface area contributed by atoms with Crippen LogP contribution in [0.2, 0.25) is 0 Å². The highest BCUT2D eigenvalue weighted by Gasteiger charge is 2.45. The summed E-state index contributed by atoms with van der Waals surface area (Å²) in [6, 6.07) is 20.2. The smallest absolute Gasteiger partial charge is 0.262 e. The zero-order valence-corrected chi connectivity index (χ0v) is 29.3. The lowest BCUT2D eigenvalue weighted by Crippen LogP contribution is -2.54. The predicted octanol–water partition coefficient (Wildman–Crippen LogP) is 5.86. The van der Waals surface area contributed by atoms with Crippen molar-refractivity contribution in [2.45, 2.75) is 77.0 Å². The molecule has 1 saturated carbocycles. The first-order valence-corrected chi connectivity index (χ1v) is 17.4. The normalized spacial score (nSPS) is 19.9. The maximum absolute atomic E-state index is 13.2. The summed E-state index contributed by atoms with van der Waals surface area (Å²) in [5.41, 5.74) is 3.16. The Kier molecular flexibility index (Phi) is 9.08. The zero-order valence-electron chi connectivity index (χ0n) is 29.3. The van der Waals surface area contributed by atoms with E-state index in [2.05, 4.69) is 46.6 Å². The number of anilines is 1. The highest BCUT2D eigenvalue weighted by Crippen LogP contribution is 2.36. The number of carbonyl (C=O) groups excluding carboxylic acids is 5. The van der Waals surface area contributed by atoms with Gasteiger partial charge < -0.3 is 14.8 Å². The third-order valence-corrected chi connectivity index (χ3v) is 9.97. The standard InChI is InChI=1S/C40H39N5O7/c1-22(2)35(47)36-41-20-30(21-42-36)52-28-12-7-24(8-13-28)40(3,4)23-5-10-27(11-6-23)51-29-17-26(18-29)43-25-9-14-31-32(19-25)39(50)45(38(31)49)33-15-16-34(46)44-37(33)48/h5-14,19-22,26,29,33,43H,15-18H2,1-4H3,(H,44,46,48). The third kappa shape index (κ3) is 6.75. The number of hydrogen-bond acceptors (Lipinski definition) is 10. The largest absolute Gasteiger partial charge is 0.490 e. The first-order chi connectivity index (χ1) is 24.9. The van der Waals surface area contributed by atoms with Gasteiger partial charge in [-0.2, -0.15) is 0 Å². The number of aromatic nitrogens is 2. The lowest BCUT2D eigenvalue weighted by Gasteiger charge is -2.36. The molecule has 0 bridgehead atoms. The van der Waals surface area contributed by atoms with Crippen LogP contribution >= 0.6 is 0 Å². The minimum atomic E-state index is -0.992. The molecule has 3 aliphatic rings. The fourth-order valence-electron chi connectivity index (χ4n) is 6.72. The van der Waals surface area contributed by atoms with E-state index in [1.54, 1.807) is 18.2 Å². The fraction of sp³-hybridized carbons (Fsp3) is 0.325. The molecule has 1 aromatic heterocycles. The summed E-state index contributed by atoms with van der Waals surface area (Å²) in [4.78, 5) is 71.4. The van der Waals surface area contributed by atoms with Crippen LogP contribution in [0, 0.1) is 5.92 Å². The van der Waals surface area contributed by atoms with Gasteiger partial charge >= 0.3 is 0 Å². The van der Waals surface area contributed by atoms with Crippen molar-refractivity contribution in [3.8, 4) is 17.2 Å². The SMILES string of the molecule is CC(C)C(=O)c1ncc(Oc2ccc(C(C)(C)c3ccc(OC4CC(Nc5ccc6c(c5)C(=O)N(C5CCC(=O)NC5=O)C6=O)C4)cc3)cc2)cn1. The van der Waals surface area contributed by atoms with E-state index in [-0.39, 0.29) is 59.1 Å². The number of Topliss-reactive ketones (excluding diaryl/α,β-unsaturated/α-hetero) is 1. The lowest BCUT2D eigenvalue weighted by molar-refractivity contribution is -0.136. The van der Waals surface area contributed by atoms with Crippen molar-refractivity contribution >= 4 is 35.1 Å². The highest BCUT2D eigenvalue weighted by molar-refractivity contribution is 6.23. The van der Waals surface area contributed by atoms with Crippen molar-refractivity contribution < 1.29 is 33.4 Å². The van der Waals surface area contributed by atoms with Gasteiger partial charge in [0, 0.05) is 42.3 Å². The van der Waals surface area contributed by atoms with Gasteiger partial charge in [-0.25, -0.2) is 9.97 Å². The molecule has 4 aromatic rings. The van der Waals surface area contributed by atoms with Crippen LogP contribution in [0.15, 0.2) is 79.1 Å². The van der Waals surface area contributed by atoms with E-state index < -0.39 is 29.7 Å². The Balaban J connectivity index is 0.905. The highest BCUT2D eigenvalue weighted by atomic mass is 16.5. The van der Waals surface area contributed by atoms with Crippen molar-refractivity contribution in [1.29, 1.82) is 0 Å². The molecule has 1 atom stereocenters. The summed E-state index contributed by atoms with van der Waals surface area (Å²) in [6.45, 7) is 7.94. The third-order valence-electron chi connectivity index (χ3n) is 9.97. The van der Waals surface area contributed by atoms with E-state index in [9.17, 15) is 24.0 Å². The minimum Gasteiger partial charge on any atom is -0.490 e. The second-order valence-electron chi connectivity index (χ2n) is 14.3. The van der Waals surface area contributed by atoms with Gasteiger partial charge in [0.15, 0.2) is 11.6 Å². The summed E-state index contributed by atoms with van der Waals surface area (Å²) in [5.74, 6) is -0.317. The molecule has 266 valence electrons. The lowest BCUT2D eigenvalue weighted by atomic mass is 9.78. The van der Waals surface area contributed by atoms with Crippen molar-refractivity contribution in [2.75, 3.05) is 5.32 Å². The van der Waals surface area contributed by atoms with E-state index in [1.807, 2.05) is 50.2 Å². The van der Waals surface area contributed by atoms with Gasteiger partial charge in [-0.3, -0.25) is 34.2 Å². The van der Waals surface area contributed by atoms with Crippen LogP contribution in [0.25, 0.3) is 0 Å². The zero-order chi connectivity index (χ0) is 36.7. The van der Waals surface area contributed by atoms with Gasteiger partial charge in [-0.05, 0) is 60.0 Å². The number of carbonyl (C=O) groups is 5. The van der Waals surface area contributed by atoms with Gasteiger partial charge in [-0.15, -0.1) is 0 Å². The topological polar surface area (TPSA) is 157 Å². The number of rotatable bonds is 11. The molecule has 3 heterocycles. The van der Waals surface area contributed by atoms with Gasteiger partial charge in [0.2, 0.25) is 17.6 Å². The molecular weight excluding hydrogens is 662 g/mol. The molecule has 0 radical (unpaired) electrons. The van der Waals surface area contributed by atoms with Crippen LogP contribution in [-0.4, -0.2) is 62.5 Å². The van der Waals surface area contributed by atoms with Crippen LogP contribution < -0.4 is 20.1 Å². The molecule has 2 fully saturated rings. The van der Waals surface area contributed by atoms with Gasteiger partial charge in [-0.1, -0.05) is 52.0 Å². The fourth-order valence-corrected chi connectivity index (χ4v) is 6.72. The van der Waals surface area contributed by atoms with Crippen molar-refractivity contribution in [1.82, 2.24) is 20.2 Å². The molecule has 12 nitrogen and oxygen atoms in total. The maximum Gasteiger partial charge on any atom is 0.262 e. The number of amides is 4. The number of benzene rings is 3. The van der Waals surface area contributed by atoms with Crippen LogP contribution in [0.3, 0.4) is 0 Å². The van der Waals surface area contributed by atoms with Gasteiger partial charge in [0.1, 0.15) is 23.6 Å². The van der Waals surface area contributed by atoms with E-state index in [1.165, 1.54) is 12.4 Å². The van der Waals surface area contributed by atoms with Crippen molar-refractivity contribution in [3.63, 3.8) is 0 Å². The molecule has 52 heavy (non-hydrogen) atoms. The Hall–Kier alpha value is -5.91. The average Bonchev–Trinajstić information content (AvgIpc) is 3.36. The molecule has 12 heteroatoms. The molecule has 2 N–H and O–H groups in total. The number of nitrogens with zero attached hydrogens (tertiary/aromatic N) is 3. The van der Waals surface area contributed by atoms with Crippen LogP contribution in [0.5, 0.6) is 17.2 Å². The molecule has 1 saturated heterocycles. The van der Waals surface area contributed by atoms with Crippen molar-refractivity contribution in [3.05, 3.63) is 107 Å². The second kappa shape index (κ2) is 13.7. The number of ketones is 1. The first kappa shape index (κ1) is 34.5. The average molecular weight is 702 g/mol. The van der Waals surface area contributed by atoms with E-state index in [0.717, 1.165) is 34.6 Å². The molecule has 4 amide bonds. The molecule has 1 aliphatic carbocycles. The first-order valence-electron chi connectivity index (χ1n) is 17.4. The summed E-state index contributed by atoms with van der Waals surface area (Å²) >= 11 is 0. The van der Waals surface area contributed by atoms with Crippen molar-refractivity contribution in [2.24, 2.45) is 5.92 Å². The number of piperidine rings is 1. The van der Waals surface area contributed by atoms with E-state index in [4.69, 9.17) is 9.47 Å². The Labute approximate surface area is 300 Å². The summed E-state index contributed by atoms with van der Waals surface area (Å²) in [6.07, 6.45) is 4.77. The van der Waals surface area contributed by atoms with E-state index in [0.29, 0.717) is 17.2 Å². The number of imide groups is 2. The Bertz CT molecular complexity index is 2050. The molecule has 0 spiro atoms.